The van der Waals surface area contributed by atoms with Gasteiger partial charge in [-0.3, -0.25) is 9.78 Å². The normalized spacial score (nSPS) is 24.9. The molecule has 1 amide bonds. The molecule has 0 aromatic carbocycles. The summed E-state index contributed by atoms with van der Waals surface area (Å²) in [7, 11) is 0. The summed E-state index contributed by atoms with van der Waals surface area (Å²) in [4.78, 5) is 18.4. The quantitative estimate of drug-likeness (QED) is 0.861. The van der Waals surface area contributed by atoms with E-state index in [0.717, 1.165) is 50.9 Å². The number of hydrogen-bond donors (Lipinski definition) is 1. The SMILES string of the molecule is Cl.Cl.O=C(c1ccccn1)N1CC[C@@H]2CNC[C@@H]2CC1. The fourth-order valence-electron chi connectivity index (χ4n) is 3.07. The van der Waals surface area contributed by atoms with Crippen molar-refractivity contribution in [2.75, 3.05) is 26.2 Å². The predicted molar refractivity (Wildman–Crippen MR) is 83.7 cm³/mol. The van der Waals surface area contributed by atoms with Gasteiger partial charge in [0.15, 0.2) is 0 Å². The van der Waals surface area contributed by atoms with Gasteiger partial charge in [0.25, 0.3) is 5.91 Å². The van der Waals surface area contributed by atoms with Crippen LogP contribution in [0.1, 0.15) is 23.3 Å². The Morgan fingerprint density at radius 3 is 2.35 bits per heavy atom. The van der Waals surface area contributed by atoms with Crippen LogP contribution in [-0.4, -0.2) is 42.0 Å². The van der Waals surface area contributed by atoms with Crippen molar-refractivity contribution in [3.05, 3.63) is 30.1 Å². The number of carbonyl (C=O) groups excluding carboxylic acids is 1. The maximum atomic E-state index is 12.3. The van der Waals surface area contributed by atoms with Crippen LogP contribution in [0.2, 0.25) is 0 Å². The molecule has 3 heterocycles. The predicted octanol–water partition coefficient (Wildman–Crippen LogP) is 2.00. The van der Waals surface area contributed by atoms with E-state index in [9.17, 15) is 4.79 Å². The first kappa shape index (κ1) is 17.2. The molecule has 2 atom stereocenters. The summed E-state index contributed by atoms with van der Waals surface area (Å²) in [5.74, 6) is 1.60. The molecule has 0 spiro atoms. The van der Waals surface area contributed by atoms with Gasteiger partial charge in [-0.25, -0.2) is 0 Å². The molecule has 20 heavy (non-hydrogen) atoms. The van der Waals surface area contributed by atoms with Crippen LogP contribution in [0.3, 0.4) is 0 Å². The molecule has 1 aromatic rings. The minimum Gasteiger partial charge on any atom is -0.337 e. The van der Waals surface area contributed by atoms with E-state index in [0.29, 0.717) is 5.69 Å². The number of fused-ring (bicyclic) bond motifs is 1. The van der Waals surface area contributed by atoms with Crippen LogP contribution in [0.5, 0.6) is 0 Å². The zero-order valence-corrected chi connectivity index (χ0v) is 13.0. The number of hydrogen-bond acceptors (Lipinski definition) is 3. The molecule has 112 valence electrons. The van der Waals surface area contributed by atoms with E-state index < -0.39 is 0 Å². The highest BCUT2D eigenvalue weighted by Crippen LogP contribution is 2.27. The number of aromatic nitrogens is 1. The Morgan fingerprint density at radius 2 is 1.80 bits per heavy atom. The highest BCUT2D eigenvalue weighted by atomic mass is 35.5. The topological polar surface area (TPSA) is 45.2 Å². The Morgan fingerprint density at radius 1 is 1.15 bits per heavy atom. The molecule has 0 radical (unpaired) electrons. The van der Waals surface area contributed by atoms with E-state index in [1.54, 1.807) is 12.3 Å². The lowest BCUT2D eigenvalue weighted by molar-refractivity contribution is 0.0752. The van der Waals surface area contributed by atoms with Crippen molar-refractivity contribution in [1.29, 1.82) is 0 Å². The third-order valence-corrected chi connectivity index (χ3v) is 4.19. The summed E-state index contributed by atoms with van der Waals surface area (Å²) >= 11 is 0. The molecule has 0 aliphatic carbocycles. The summed E-state index contributed by atoms with van der Waals surface area (Å²) in [5.41, 5.74) is 0.572. The largest absolute Gasteiger partial charge is 0.337 e. The summed E-state index contributed by atoms with van der Waals surface area (Å²) < 4.78 is 0. The highest BCUT2D eigenvalue weighted by Gasteiger charge is 2.31. The number of likely N-dealkylation sites (tertiary alicyclic amines) is 1. The first-order chi connectivity index (χ1) is 8.84. The molecule has 0 bridgehead atoms. The van der Waals surface area contributed by atoms with Crippen LogP contribution in [-0.2, 0) is 0 Å². The van der Waals surface area contributed by atoms with E-state index in [2.05, 4.69) is 10.3 Å². The van der Waals surface area contributed by atoms with Gasteiger partial charge in [-0.2, -0.15) is 0 Å². The number of nitrogens with zero attached hydrogens (tertiary/aromatic N) is 2. The van der Waals surface area contributed by atoms with Crippen molar-refractivity contribution >= 4 is 30.7 Å². The van der Waals surface area contributed by atoms with E-state index in [4.69, 9.17) is 0 Å². The van der Waals surface area contributed by atoms with Gasteiger partial charge in [0.05, 0.1) is 0 Å². The standard InChI is InChI=1S/C14H19N3O.2ClH/c18-14(13-3-1-2-6-16-13)17-7-4-11-9-15-10-12(11)5-8-17;;/h1-3,6,11-12,15H,4-5,7-10H2;2*1H/t11-,12+;;. The summed E-state index contributed by atoms with van der Waals surface area (Å²) in [6, 6.07) is 5.52. The maximum Gasteiger partial charge on any atom is 0.272 e. The maximum absolute atomic E-state index is 12.3. The molecule has 1 N–H and O–H groups in total. The lowest BCUT2D eigenvalue weighted by atomic mass is 9.92. The van der Waals surface area contributed by atoms with Gasteiger partial charge in [-0.05, 0) is 49.9 Å². The molecule has 2 aliphatic rings. The van der Waals surface area contributed by atoms with E-state index in [-0.39, 0.29) is 30.7 Å². The van der Waals surface area contributed by atoms with Crippen LogP contribution < -0.4 is 5.32 Å². The third-order valence-electron chi connectivity index (χ3n) is 4.19. The van der Waals surface area contributed by atoms with Crippen LogP contribution in [0.15, 0.2) is 24.4 Å². The minimum atomic E-state index is 0. The smallest absolute Gasteiger partial charge is 0.272 e. The molecule has 3 rings (SSSR count). The zero-order chi connectivity index (χ0) is 12.4. The highest BCUT2D eigenvalue weighted by molar-refractivity contribution is 5.92. The molecule has 0 unspecified atom stereocenters. The van der Waals surface area contributed by atoms with E-state index in [1.807, 2.05) is 17.0 Å². The van der Waals surface area contributed by atoms with Gasteiger partial charge in [-0.1, -0.05) is 6.07 Å². The lowest BCUT2D eigenvalue weighted by Crippen LogP contribution is -2.33. The molecular weight excluding hydrogens is 297 g/mol. The van der Waals surface area contributed by atoms with Crippen molar-refractivity contribution < 1.29 is 4.79 Å². The van der Waals surface area contributed by atoms with Gasteiger partial charge in [0.2, 0.25) is 0 Å². The number of amides is 1. The van der Waals surface area contributed by atoms with Crippen molar-refractivity contribution in [2.24, 2.45) is 11.8 Å². The number of pyridine rings is 1. The van der Waals surface area contributed by atoms with Crippen molar-refractivity contribution in [1.82, 2.24) is 15.2 Å². The third kappa shape index (κ3) is 3.62. The number of carbonyl (C=O) groups is 1. The minimum absolute atomic E-state index is 0. The molecule has 1 aromatic heterocycles. The van der Waals surface area contributed by atoms with Crippen molar-refractivity contribution in [3.63, 3.8) is 0 Å². The van der Waals surface area contributed by atoms with Crippen molar-refractivity contribution in [2.45, 2.75) is 12.8 Å². The number of rotatable bonds is 1. The van der Waals surface area contributed by atoms with Gasteiger partial charge in [-0.15, -0.1) is 24.8 Å². The zero-order valence-electron chi connectivity index (χ0n) is 11.3. The average Bonchev–Trinajstić information content (AvgIpc) is 2.78. The molecule has 2 aliphatic heterocycles. The van der Waals surface area contributed by atoms with Crippen LogP contribution >= 0.6 is 24.8 Å². The van der Waals surface area contributed by atoms with Crippen molar-refractivity contribution in [3.8, 4) is 0 Å². The molecule has 6 heteroatoms. The first-order valence-corrected chi connectivity index (χ1v) is 6.75. The van der Waals surface area contributed by atoms with E-state index >= 15 is 0 Å². The fraction of sp³-hybridized carbons (Fsp3) is 0.571. The first-order valence-electron chi connectivity index (χ1n) is 6.75. The molecular formula is C14H21Cl2N3O. The molecule has 2 saturated heterocycles. The van der Waals surface area contributed by atoms with Crippen LogP contribution in [0.4, 0.5) is 0 Å². The number of nitrogens with one attached hydrogen (secondary N) is 1. The average molecular weight is 318 g/mol. The Balaban J connectivity index is 0.000001000. The van der Waals surface area contributed by atoms with Gasteiger partial charge in [0.1, 0.15) is 5.69 Å². The summed E-state index contributed by atoms with van der Waals surface area (Å²) in [6.45, 7) is 3.99. The second-order valence-electron chi connectivity index (χ2n) is 5.26. The summed E-state index contributed by atoms with van der Waals surface area (Å²) in [6.07, 6.45) is 3.93. The molecule has 4 nitrogen and oxygen atoms in total. The monoisotopic (exact) mass is 317 g/mol. The Kier molecular flexibility index (Phi) is 6.72. The Labute approximate surface area is 132 Å². The number of halogens is 2. The molecule has 2 fully saturated rings. The second-order valence-corrected chi connectivity index (χ2v) is 5.26. The lowest BCUT2D eigenvalue weighted by Gasteiger charge is -2.20. The van der Waals surface area contributed by atoms with Gasteiger partial charge >= 0.3 is 0 Å². The Hall–Kier alpha value is -0.840. The second kappa shape index (κ2) is 7.81. The van der Waals surface area contributed by atoms with Gasteiger partial charge in [0, 0.05) is 19.3 Å². The van der Waals surface area contributed by atoms with Crippen LogP contribution in [0.25, 0.3) is 0 Å². The van der Waals surface area contributed by atoms with Gasteiger partial charge < -0.3 is 10.2 Å². The Bertz CT molecular complexity index is 416. The summed E-state index contributed by atoms with van der Waals surface area (Å²) in [5, 5.41) is 3.45. The van der Waals surface area contributed by atoms with E-state index in [1.165, 1.54) is 0 Å². The molecule has 0 saturated carbocycles. The van der Waals surface area contributed by atoms with Crippen LogP contribution in [0, 0.1) is 11.8 Å². The fourth-order valence-corrected chi connectivity index (χ4v) is 3.07.